The molecule has 0 saturated heterocycles. The molecule has 0 aromatic heterocycles. The number of carbonyl (C=O) groups excluding carboxylic acids is 1. The quantitative estimate of drug-likeness (QED) is 0.785. The maximum Gasteiger partial charge on any atom is 0.255 e. The van der Waals surface area contributed by atoms with Crippen molar-refractivity contribution in [2.45, 2.75) is 0 Å². The number of carbonyl (C=O) groups is 1. The molecule has 110 valence electrons. The summed E-state index contributed by atoms with van der Waals surface area (Å²) in [6, 6.07) is 21.5. The van der Waals surface area contributed by atoms with Crippen LogP contribution in [0, 0.1) is 0 Å². The number of rotatable bonds is 3. The number of hydrogen-bond donors (Lipinski definition) is 1. The standard InChI is InChI=1S/C19H18N2O/c1-21(2)18-11-9-17(10-12-18)20-19(22)16-8-7-14-5-3-4-6-15(14)13-16/h3-13H,1-2H3,(H,20,22). The van der Waals surface area contributed by atoms with E-state index in [9.17, 15) is 4.79 Å². The number of hydrogen-bond acceptors (Lipinski definition) is 2. The predicted molar refractivity (Wildman–Crippen MR) is 92.7 cm³/mol. The van der Waals surface area contributed by atoms with Crippen molar-refractivity contribution in [2.75, 3.05) is 24.3 Å². The summed E-state index contributed by atoms with van der Waals surface area (Å²) in [6.07, 6.45) is 0. The zero-order valence-corrected chi connectivity index (χ0v) is 12.7. The van der Waals surface area contributed by atoms with E-state index in [0.717, 1.165) is 22.1 Å². The minimum absolute atomic E-state index is 0.0941. The Kier molecular flexibility index (Phi) is 3.79. The molecule has 1 N–H and O–H groups in total. The number of benzene rings is 3. The molecule has 0 atom stereocenters. The smallest absolute Gasteiger partial charge is 0.255 e. The maximum absolute atomic E-state index is 12.4. The van der Waals surface area contributed by atoms with E-state index in [1.165, 1.54) is 0 Å². The van der Waals surface area contributed by atoms with Crippen molar-refractivity contribution in [3.05, 3.63) is 72.3 Å². The van der Waals surface area contributed by atoms with Crippen molar-refractivity contribution < 1.29 is 4.79 Å². The van der Waals surface area contributed by atoms with E-state index in [4.69, 9.17) is 0 Å². The molecule has 0 aliphatic rings. The normalized spacial score (nSPS) is 10.5. The molecular formula is C19H18N2O. The van der Waals surface area contributed by atoms with E-state index >= 15 is 0 Å². The lowest BCUT2D eigenvalue weighted by molar-refractivity contribution is 0.102. The van der Waals surface area contributed by atoms with Crippen molar-refractivity contribution in [1.29, 1.82) is 0 Å². The van der Waals surface area contributed by atoms with Crippen LogP contribution in [0.3, 0.4) is 0 Å². The predicted octanol–water partition coefficient (Wildman–Crippen LogP) is 4.16. The van der Waals surface area contributed by atoms with Gasteiger partial charge in [-0.3, -0.25) is 4.79 Å². The Morgan fingerprint density at radius 2 is 1.55 bits per heavy atom. The molecule has 3 rings (SSSR count). The molecule has 3 aromatic rings. The van der Waals surface area contributed by atoms with Gasteiger partial charge in [-0.25, -0.2) is 0 Å². The summed E-state index contributed by atoms with van der Waals surface area (Å²) >= 11 is 0. The molecule has 0 heterocycles. The first-order valence-electron chi connectivity index (χ1n) is 7.21. The van der Waals surface area contributed by atoms with Crippen LogP contribution in [0.1, 0.15) is 10.4 Å². The maximum atomic E-state index is 12.4. The minimum Gasteiger partial charge on any atom is -0.378 e. The fraction of sp³-hybridized carbons (Fsp3) is 0.105. The SMILES string of the molecule is CN(C)c1ccc(NC(=O)c2ccc3ccccc3c2)cc1. The van der Waals surface area contributed by atoms with Crippen LogP contribution in [0.15, 0.2) is 66.7 Å². The molecule has 0 radical (unpaired) electrons. The van der Waals surface area contributed by atoms with E-state index in [2.05, 4.69) is 5.32 Å². The van der Waals surface area contributed by atoms with Crippen LogP contribution in [-0.2, 0) is 0 Å². The first-order chi connectivity index (χ1) is 10.6. The number of nitrogens with one attached hydrogen (secondary N) is 1. The van der Waals surface area contributed by atoms with Gasteiger partial charge in [-0.2, -0.15) is 0 Å². The molecule has 0 aliphatic heterocycles. The summed E-state index contributed by atoms with van der Waals surface area (Å²) in [5.41, 5.74) is 2.56. The number of anilines is 2. The molecule has 3 nitrogen and oxygen atoms in total. The summed E-state index contributed by atoms with van der Waals surface area (Å²) < 4.78 is 0. The molecule has 0 unspecified atom stereocenters. The summed E-state index contributed by atoms with van der Waals surface area (Å²) in [7, 11) is 3.98. The van der Waals surface area contributed by atoms with Crippen molar-refractivity contribution in [3.8, 4) is 0 Å². The van der Waals surface area contributed by atoms with Crippen molar-refractivity contribution in [1.82, 2.24) is 0 Å². The topological polar surface area (TPSA) is 32.3 Å². The van der Waals surface area contributed by atoms with Gasteiger partial charge in [0, 0.05) is 31.0 Å². The van der Waals surface area contributed by atoms with E-state index in [1.54, 1.807) is 0 Å². The molecule has 0 spiro atoms. The molecule has 0 saturated carbocycles. The number of fused-ring (bicyclic) bond motifs is 1. The molecule has 0 aliphatic carbocycles. The highest BCUT2D eigenvalue weighted by Crippen LogP contribution is 2.19. The van der Waals surface area contributed by atoms with Gasteiger partial charge in [0.1, 0.15) is 0 Å². The van der Waals surface area contributed by atoms with Gasteiger partial charge < -0.3 is 10.2 Å². The van der Waals surface area contributed by atoms with Gasteiger partial charge in [0.05, 0.1) is 0 Å². The zero-order chi connectivity index (χ0) is 15.5. The summed E-state index contributed by atoms with van der Waals surface area (Å²) in [5.74, 6) is -0.0941. The van der Waals surface area contributed by atoms with E-state index < -0.39 is 0 Å². The van der Waals surface area contributed by atoms with E-state index in [1.807, 2.05) is 85.7 Å². The fourth-order valence-corrected chi connectivity index (χ4v) is 2.38. The second-order valence-electron chi connectivity index (χ2n) is 5.46. The first kappa shape index (κ1) is 14.1. The van der Waals surface area contributed by atoms with Crippen LogP contribution in [0.2, 0.25) is 0 Å². The largest absolute Gasteiger partial charge is 0.378 e. The van der Waals surface area contributed by atoms with Gasteiger partial charge in [-0.1, -0.05) is 30.3 Å². The van der Waals surface area contributed by atoms with E-state index in [-0.39, 0.29) is 5.91 Å². The van der Waals surface area contributed by atoms with Gasteiger partial charge in [0.15, 0.2) is 0 Å². The van der Waals surface area contributed by atoms with Crippen molar-refractivity contribution in [3.63, 3.8) is 0 Å². The average Bonchev–Trinajstić information content (AvgIpc) is 2.55. The Morgan fingerprint density at radius 3 is 2.23 bits per heavy atom. The Hall–Kier alpha value is -2.81. The minimum atomic E-state index is -0.0941. The van der Waals surface area contributed by atoms with Gasteiger partial charge >= 0.3 is 0 Å². The average molecular weight is 290 g/mol. The zero-order valence-electron chi connectivity index (χ0n) is 12.7. The summed E-state index contributed by atoms with van der Waals surface area (Å²) in [4.78, 5) is 14.4. The molecular weight excluding hydrogens is 272 g/mol. The Labute approximate surface area is 130 Å². The van der Waals surface area contributed by atoms with Gasteiger partial charge in [-0.15, -0.1) is 0 Å². The third-order valence-electron chi connectivity index (χ3n) is 3.65. The van der Waals surface area contributed by atoms with Crippen LogP contribution < -0.4 is 10.2 Å². The van der Waals surface area contributed by atoms with Crippen LogP contribution in [0.5, 0.6) is 0 Å². The van der Waals surface area contributed by atoms with Crippen molar-refractivity contribution in [2.24, 2.45) is 0 Å². The third kappa shape index (κ3) is 2.93. The third-order valence-corrected chi connectivity index (χ3v) is 3.65. The molecule has 3 heteroatoms. The fourth-order valence-electron chi connectivity index (χ4n) is 2.38. The van der Waals surface area contributed by atoms with Gasteiger partial charge in [0.25, 0.3) is 5.91 Å². The first-order valence-corrected chi connectivity index (χ1v) is 7.21. The lowest BCUT2D eigenvalue weighted by Gasteiger charge is -2.13. The van der Waals surface area contributed by atoms with Gasteiger partial charge in [0.2, 0.25) is 0 Å². The highest BCUT2D eigenvalue weighted by atomic mass is 16.1. The van der Waals surface area contributed by atoms with Crippen LogP contribution >= 0.6 is 0 Å². The number of nitrogens with zero attached hydrogens (tertiary/aromatic N) is 1. The molecule has 22 heavy (non-hydrogen) atoms. The lowest BCUT2D eigenvalue weighted by Crippen LogP contribution is -2.12. The Morgan fingerprint density at radius 1 is 0.864 bits per heavy atom. The highest BCUT2D eigenvalue weighted by Gasteiger charge is 2.07. The van der Waals surface area contributed by atoms with Gasteiger partial charge in [-0.05, 0) is 47.2 Å². The second kappa shape index (κ2) is 5.90. The highest BCUT2D eigenvalue weighted by molar-refractivity contribution is 6.06. The number of amides is 1. The summed E-state index contributed by atoms with van der Waals surface area (Å²) in [6.45, 7) is 0. The van der Waals surface area contributed by atoms with Crippen LogP contribution in [0.4, 0.5) is 11.4 Å². The van der Waals surface area contributed by atoms with Crippen molar-refractivity contribution >= 4 is 28.1 Å². The van der Waals surface area contributed by atoms with E-state index in [0.29, 0.717) is 5.56 Å². The summed E-state index contributed by atoms with van der Waals surface area (Å²) in [5, 5.41) is 5.13. The monoisotopic (exact) mass is 290 g/mol. The second-order valence-corrected chi connectivity index (χ2v) is 5.46. The Balaban J connectivity index is 1.80. The lowest BCUT2D eigenvalue weighted by atomic mass is 10.1. The molecule has 3 aromatic carbocycles. The molecule has 0 bridgehead atoms. The molecule has 0 fully saturated rings. The molecule has 1 amide bonds. The Bertz CT molecular complexity index is 807. The van der Waals surface area contributed by atoms with Crippen LogP contribution in [-0.4, -0.2) is 20.0 Å². The van der Waals surface area contributed by atoms with Crippen LogP contribution in [0.25, 0.3) is 10.8 Å².